The van der Waals surface area contributed by atoms with Crippen LogP contribution < -0.4 is 4.72 Å². The number of sulfonamides is 1. The Morgan fingerprint density at radius 2 is 1.69 bits per heavy atom. The Hall–Kier alpha value is -2.29. The number of halogens is 1. The lowest BCUT2D eigenvalue weighted by atomic mass is 10.1. The Morgan fingerprint density at radius 1 is 1.08 bits per heavy atom. The number of aromatic nitrogens is 4. The number of hydrogen-bond donors (Lipinski definition) is 1. The molecule has 0 atom stereocenters. The molecule has 0 unspecified atom stereocenters. The first kappa shape index (κ1) is 18.5. The lowest BCUT2D eigenvalue weighted by Gasteiger charge is -2.13. The Bertz CT molecular complexity index is 1020. The van der Waals surface area contributed by atoms with Crippen LogP contribution in [0.1, 0.15) is 22.5 Å². The summed E-state index contributed by atoms with van der Waals surface area (Å²) in [6.07, 6.45) is 0. The number of benzene rings is 2. The van der Waals surface area contributed by atoms with E-state index in [0.717, 1.165) is 5.56 Å². The second-order valence-electron chi connectivity index (χ2n) is 6.04. The summed E-state index contributed by atoms with van der Waals surface area (Å²) in [5.74, 6) is 0.373. The van der Waals surface area contributed by atoms with Crippen LogP contribution in [0.4, 0.5) is 0 Å². The summed E-state index contributed by atoms with van der Waals surface area (Å²) < 4.78 is 29.6. The highest BCUT2D eigenvalue weighted by Crippen LogP contribution is 2.22. The summed E-state index contributed by atoms with van der Waals surface area (Å²) in [6.45, 7) is 5.47. The number of aryl methyl sites for hydroxylation is 3. The van der Waals surface area contributed by atoms with Gasteiger partial charge in [-0.25, -0.2) is 13.1 Å². The fourth-order valence-electron chi connectivity index (χ4n) is 2.92. The molecular formula is C17H18ClN5O2S. The largest absolute Gasteiger partial charge is 0.241 e. The topological polar surface area (TPSA) is 89.8 Å². The third-order valence-electron chi connectivity index (χ3n) is 3.90. The van der Waals surface area contributed by atoms with E-state index in [4.69, 9.17) is 11.6 Å². The minimum atomic E-state index is -3.70. The average Bonchev–Trinajstić information content (AvgIpc) is 3.01. The lowest BCUT2D eigenvalue weighted by molar-refractivity contribution is 0.576. The van der Waals surface area contributed by atoms with Gasteiger partial charge >= 0.3 is 0 Å². The molecule has 0 aliphatic carbocycles. The van der Waals surface area contributed by atoms with Crippen LogP contribution in [-0.4, -0.2) is 28.6 Å². The molecule has 1 aromatic heterocycles. The molecule has 0 radical (unpaired) electrons. The second kappa shape index (κ2) is 7.14. The Morgan fingerprint density at radius 3 is 2.31 bits per heavy atom. The highest BCUT2D eigenvalue weighted by atomic mass is 35.5. The first-order valence-corrected chi connectivity index (χ1v) is 9.75. The Balaban J connectivity index is 1.86. The molecule has 0 saturated heterocycles. The number of rotatable bonds is 5. The van der Waals surface area contributed by atoms with Crippen molar-refractivity contribution in [3.8, 4) is 5.69 Å². The van der Waals surface area contributed by atoms with Crippen LogP contribution in [0, 0.1) is 20.8 Å². The van der Waals surface area contributed by atoms with Crippen LogP contribution in [0.25, 0.3) is 5.69 Å². The molecule has 0 amide bonds. The van der Waals surface area contributed by atoms with Crippen molar-refractivity contribution in [3.05, 3.63) is 63.9 Å². The van der Waals surface area contributed by atoms with Crippen LogP contribution in [-0.2, 0) is 16.6 Å². The maximum atomic E-state index is 12.8. The molecular weight excluding hydrogens is 374 g/mol. The van der Waals surface area contributed by atoms with Crippen molar-refractivity contribution in [1.82, 2.24) is 24.9 Å². The van der Waals surface area contributed by atoms with Gasteiger partial charge in [-0.1, -0.05) is 29.3 Å². The first-order valence-electron chi connectivity index (χ1n) is 7.88. The molecule has 0 aliphatic rings. The van der Waals surface area contributed by atoms with Gasteiger partial charge in [0.05, 0.1) is 17.1 Å². The quantitative estimate of drug-likeness (QED) is 0.722. The van der Waals surface area contributed by atoms with E-state index in [-0.39, 0.29) is 11.4 Å². The van der Waals surface area contributed by atoms with Crippen LogP contribution in [0.15, 0.2) is 41.3 Å². The first-order chi connectivity index (χ1) is 12.3. The summed E-state index contributed by atoms with van der Waals surface area (Å²) in [6, 6.07) is 10.6. The molecule has 3 aromatic rings. The molecule has 7 nitrogen and oxygen atoms in total. The minimum Gasteiger partial charge on any atom is -0.207 e. The van der Waals surface area contributed by atoms with Crippen molar-refractivity contribution >= 4 is 21.6 Å². The van der Waals surface area contributed by atoms with Crippen LogP contribution in [0.3, 0.4) is 0 Å². The average molecular weight is 392 g/mol. The smallest absolute Gasteiger partial charge is 0.207 e. The molecule has 3 rings (SSSR count). The monoisotopic (exact) mass is 391 g/mol. The number of hydrogen-bond acceptors (Lipinski definition) is 5. The van der Waals surface area contributed by atoms with Gasteiger partial charge in [0.2, 0.25) is 10.0 Å². The Kier molecular flexibility index (Phi) is 5.08. The van der Waals surface area contributed by atoms with Gasteiger partial charge in [0.1, 0.15) is 0 Å². The van der Waals surface area contributed by atoms with Crippen molar-refractivity contribution in [2.24, 2.45) is 0 Å². The fraction of sp³-hybridized carbons (Fsp3) is 0.235. The molecule has 0 spiro atoms. The van der Waals surface area contributed by atoms with Crippen LogP contribution in [0.5, 0.6) is 0 Å². The molecule has 26 heavy (non-hydrogen) atoms. The van der Waals surface area contributed by atoms with Gasteiger partial charge in [0.15, 0.2) is 5.82 Å². The van der Waals surface area contributed by atoms with E-state index < -0.39 is 10.0 Å². The van der Waals surface area contributed by atoms with E-state index in [9.17, 15) is 8.42 Å². The molecule has 2 aromatic carbocycles. The summed E-state index contributed by atoms with van der Waals surface area (Å²) in [4.78, 5) is 0.286. The SMILES string of the molecule is Cc1cc(C)c(S(=O)(=O)NCc2nnnn2-c2ccc(Cl)cc2)c(C)c1. The van der Waals surface area contributed by atoms with Crippen molar-refractivity contribution in [2.75, 3.05) is 0 Å². The van der Waals surface area contributed by atoms with Crippen LogP contribution in [0.2, 0.25) is 5.02 Å². The maximum absolute atomic E-state index is 12.8. The van der Waals surface area contributed by atoms with Crippen molar-refractivity contribution in [1.29, 1.82) is 0 Å². The summed E-state index contributed by atoms with van der Waals surface area (Å²) >= 11 is 5.89. The van der Waals surface area contributed by atoms with Gasteiger partial charge in [0, 0.05) is 5.02 Å². The predicted octanol–water partition coefficient (Wildman–Crippen LogP) is 2.72. The second-order valence-corrected chi connectivity index (χ2v) is 8.18. The van der Waals surface area contributed by atoms with E-state index >= 15 is 0 Å². The molecule has 0 fully saturated rings. The summed E-state index contributed by atoms with van der Waals surface area (Å²) in [5.41, 5.74) is 3.11. The summed E-state index contributed by atoms with van der Waals surface area (Å²) in [5, 5.41) is 12.1. The molecule has 0 bridgehead atoms. The molecule has 1 heterocycles. The lowest BCUT2D eigenvalue weighted by Crippen LogP contribution is -2.26. The fourth-order valence-corrected chi connectivity index (χ4v) is 4.48. The maximum Gasteiger partial charge on any atom is 0.241 e. The molecule has 9 heteroatoms. The number of tetrazole rings is 1. The molecule has 0 aliphatic heterocycles. The third kappa shape index (κ3) is 3.77. The van der Waals surface area contributed by atoms with Gasteiger partial charge in [-0.2, -0.15) is 4.68 Å². The normalized spacial score (nSPS) is 11.7. The third-order valence-corrected chi connectivity index (χ3v) is 5.86. The molecule has 136 valence electrons. The zero-order valence-corrected chi connectivity index (χ0v) is 16.1. The van der Waals surface area contributed by atoms with E-state index in [2.05, 4.69) is 20.2 Å². The van der Waals surface area contributed by atoms with Crippen molar-refractivity contribution in [2.45, 2.75) is 32.2 Å². The van der Waals surface area contributed by atoms with E-state index in [0.29, 0.717) is 27.7 Å². The van der Waals surface area contributed by atoms with Gasteiger partial charge < -0.3 is 0 Å². The van der Waals surface area contributed by atoms with Crippen molar-refractivity contribution < 1.29 is 8.42 Å². The van der Waals surface area contributed by atoms with E-state index in [1.807, 2.05) is 19.1 Å². The predicted molar refractivity (Wildman–Crippen MR) is 98.8 cm³/mol. The summed E-state index contributed by atoms with van der Waals surface area (Å²) in [7, 11) is -3.70. The van der Waals surface area contributed by atoms with Gasteiger partial charge in [-0.15, -0.1) is 5.10 Å². The van der Waals surface area contributed by atoms with E-state index in [1.54, 1.807) is 38.1 Å². The van der Waals surface area contributed by atoms with E-state index in [1.165, 1.54) is 4.68 Å². The zero-order valence-electron chi connectivity index (χ0n) is 14.6. The minimum absolute atomic E-state index is 0.0370. The highest BCUT2D eigenvalue weighted by molar-refractivity contribution is 7.89. The van der Waals surface area contributed by atoms with Gasteiger partial charge in [-0.05, 0) is 66.6 Å². The number of nitrogens with zero attached hydrogens (tertiary/aromatic N) is 4. The molecule has 1 N–H and O–H groups in total. The van der Waals surface area contributed by atoms with Gasteiger partial charge in [0.25, 0.3) is 0 Å². The standard InChI is InChI=1S/C17H18ClN5O2S/c1-11-8-12(2)17(13(3)9-11)26(24,25)19-10-16-20-21-22-23(16)15-6-4-14(18)5-7-15/h4-9,19H,10H2,1-3H3. The van der Waals surface area contributed by atoms with Crippen molar-refractivity contribution in [3.63, 3.8) is 0 Å². The van der Waals surface area contributed by atoms with Gasteiger partial charge in [-0.3, -0.25) is 0 Å². The Labute approximate surface area is 157 Å². The highest BCUT2D eigenvalue weighted by Gasteiger charge is 2.21. The number of nitrogens with one attached hydrogen (secondary N) is 1. The van der Waals surface area contributed by atoms with Crippen LogP contribution >= 0.6 is 11.6 Å². The molecule has 0 saturated carbocycles. The zero-order chi connectivity index (χ0) is 18.9.